The maximum atomic E-state index is 14.0. The first-order valence-electron chi connectivity index (χ1n) is 9.16. The number of benzene rings is 3. The van der Waals surface area contributed by atoms with E-state index in [1.165, 1.54) is 36.4 Å². The molecule has 15 heteroatoms. The van der Waals surface area contributed by atoms with Crippen molar-refractivity contribution < 1.29 is 35.4 Å². The Morgan fingerprint density at radius 2 is 1.35 bits per heavy atom. The van der Waals surface area contributed by atoms with Crippen molar-refractivity contribution >= 4 is 54.3 Å². The molecule has 0 aliphatic carbocycles. The molecule has 12 nitrogen and oxygen atoms in total. The van der Waals surface area contributed by atoms with Gasteiger partial charge in [0, 0.05) is 22.8 Å². The van der Waals surface area contributed by atoms with E-state index in [0.717, 1.165) is 18.2 Å². The number of nitrogens with zero attached hydrogens (tertiary/aromatic N) is 3. The van der Waals surface area contributed by atoms with Crippen molar-refractivity contribution in [1.82, 2.24) is 15.0 Å². The van der Waals surface area contributed by atoms with Gasteiger partial charge in [-0.1, -0.05) is 12.1 Å². The van der Waals surface area contributed by atoms with Crippen LogP contribution in [0.25, 0.3) is 10.8 Å². The molecule has 4 rings (SSSR count). The molecule has 0 amide bonds. The molecule has 0 fully saturated rings. The van der Waals surface area contributed by atoms with Crippen LogP contribution < -0.4 is 10.6 Å². The molecule has 1 heterocycles. The second-order valence-electron chi connectivity index (χ2n) is 6.86. The molecule has 0 radical (unpaired) electrons. The first kappa shape index (κ1) is 23.2. The summed E-state index contributed by atoms with van der Waals surface area (Å²) in [5.74, 6) is -0.935. The van der Waals surface area contributed by atoms with Crippen molar-refractivity contribution in [3.63, 3.8) is 0 Å². The van der Waals surface area contributed by atoms with Crippen LogP contribution in [-0.2, 0) is 20.2 Å². The third kappa shape index (κ3) is 5.18. The maximum absolute atomic E-state index is 14.0. The van der Waals surface area contributed by atoms with Gasteiger partial charge in [-0.3, -0.25) is 9.11 Å². The van der Waals surface area contributed by atoms with Gasteiger partial charge in [-0.25, -0.2) is 0 Å². The minimum absolute atomic E-state index is 0.150. The summed E-state index contributed by atoms with van der Waals surface area (Å²) in [7, 11) is -8.97. The molecule has 34 heavy (non-hydrogen) atoms. The predicted octanol–water partition coefficient (Wildman–Crippen LogP) is 2.85. The summed E-state index contributed by atoms with van der Waals surface area (Å²) >= 11 is 0. The molecular formula is C19H14FN5O7S2. The van der Waals surface area contributed by atoms with Crippen LogP contribution in [0.3, 0.4) is 0 Å². The highest BCUT2D eigenvalue weighted by molar-refractivity contribution is 7.86. The van der Waals surface area contributed by atoms with Gasteiger partial charge in [0.25, 0.3) is 20.2 Å². The molecule has 1 aromatic heterocycles. The topological polar surface area (TPSA) is 192 Å². The van der Waals surface area contributed by atoms with E-state index in [1.54, 1.807) is 0 Å². The number of aromatic hydroxyl groups is 1. The monoisotopic (exact) mass is 507 g/mol. The van der Waals surface area contributed by atoms with E-state index in [2.05, 4.69) is 25.6 Å². The summed E-state index contributed by atoms with van der Waals surface area (Å²) in [6.07, 6.45) is -1.16. The number of phenolic OH excluding ortho intramolecular Hbond substituents is 1. The Kier molecular flexibility index (Phi) is 5.78. The van der Waals surface area contributed by atoms with Gasteiger partial charge in [-0.15, -0.1) is 0 Å². The lowest BCUT2D eigenvalue weighted by molar-refractivity contribution is 0.471. The zero-order valence-corrected chi connectivity index (χ0v) is 18.3. The SMILES string of the molecule is O=S(=O)(O)c1cccc(Nc2nc(F)nc(Nc3ccc4cc(S(=O)(=O)O)cc(O)c4c3)n2)c1. The number of hydrogen-bond acceptors (Lipinski definition) is 10. The third-order valence-electron chi connectivity index (χ3n) is 4.46. The van der Waals surface area contributed by atoms with Crippen molar-refractivity contribution in [2.24, 2.45) is 0 Å². The Balaban J connectivity index is 1.63. The van der Waals surface area contributed by atoms with Gasteiger partial charge in [0.1, 0.15) is 5.75 Å². The fourth-order valence-electron chi connectivity index (χ4n) is 2.99. The summed E-state index contributed by atoms with van der Waals surface area (Å²) in [5, 5.41) is 16.0. The molecule has 0 spiro atoms. The number of hydrogen-bond donors (Lipinski definition) is 5. The highest BCUT2D eigenvalue weighted by atomic mass is 32.2. The zero-order valence-electron chi connectivity index (χ0n) is 16.7. The van der Waals surface area contributed by atoms with Gasteiger partial charge in [0.2, 0.25) is 11.9 Å². The van der Waals surface area contributed by atoms with Crippen LogP contribution in [0.5, 0.6) is 5.75 Å². The lowest BCUT2D eigenvalue weighted by Crippen LogP contribution is -2.06. The summed E-state index contributed by atoms with van der Waals surface area (Å²) in [6, 6.07) is 11.4. The van der Waals surface area contributed by atoms with Gasteiger partial charge in [0.05, 0.1) is 9.79 Å². The molecule has 5 N–H and O–H groups in total. The molecular weight excluding hydrogens is 493 g/mol. The number of halogens is 1. The van der Waals surface area contributed by atoms with Crippen molar-refractivity contribution in [2.75, 3.05) is 10.6 Å². The normalized spacial score (nSPS) is 12.0. The number of fused-ring (bicyclic) bond motifs is 1. The first-order valence-corrected chi connectivity index (χ1v) is 12.0. The van der Waals surface area contributed by atoms with E-state index in [9.17, 15) is 30.9 Å². The van der Waals surface area contributed by atoms with Crippen molar-refractivity contribution in [3.05, 3.63) is 60.7 Å². The fraction of sp³-hybridized carbons (Fsp3) is 0. The minimum Gasteiger partial charge on any atom is -0.507 e. The Hall–Kier alpha value is -3.92. The van der Waals surface area contributed by atoms with Crippen LogP contribution in [0, 0.1) is 6.08 Å². The quantitative estimate of drug-likeness (QED) is 0.240. The van der Waals surface area contributed by atoms with Crippen LogP contribution >= 0.6 is 0 Å². The van der Waals surface area contributed by atoms with E-state index in [-0.39, 0.29) is 23.0 Å². The Morgan fingerprint density at radius 3 is 1.97 bits per heavy atom. The molecule has 0 bridgehead atoms. The van der Waals surface area contributed by atoms with Gasteiger partial charge in [-0.05, 0) is 41.8 Å². The molecule has 0 unspecified atom stereocenters. The van der Waals surface area contributed by atoms with Crippen LogP contribution in [0.1, 0.15) is 0 Å². The molecule has 0 atom stereocenters. The lowest BCUT2D eigenvalue weighted by Gasteiger charge is -2.10. The maximum Gasteiger partial charge on any atom is 0.315 e. The van der Waals surface area contributed by atoms with Gasteiger partial charge in [-0.2, -0.15) is 36.2 Å². The predicted molar refractivity (Wildman–Crippen MR) is 118 cm³/mol. The largest absolute Gasteiger partial charge is 0.507 e. The molecule has 0 saturated carbocycles. The number of anilines is 4. The van der Waals surface area contributed by atoms with Crippen molar-refractivity contribution in [3.8, 4) is 5.75 Å². The minimum atomic E-state index is -4.52. The summed E-state index contributed by atoms with van der Waals surface area (Å²) < 4.78 is 77.5. The third-order valence-corrected chi connectivity index (χ3v) is 6.14. The molecule has 176 valence electrons. The average Bonchev–Trinajstić information content (AvgIpc) is 2.72. The summed E-state index contributed by atoms with van der Waals surface area (Å²) in [4.78, 5) is 10.1. The number of aromatic nitrogens is 3. The number of rotatable bonds is 6. The second-order valence-corrected chi connectivity index (χ2v) is 9.70. The number of nitrogens with one attached hydrogen (secondary N) is 2. The van der Waals surface area contributed by atoms with Crippen molar-refractivity contribution in [1.29, 1.82) is 0 Å². The van der Waals surface area contributed by atoms with Gasteiger partial charge in [0.15, 0.2) is 0 Å². The molecule has 3 aromatic carbocycles. The van der Waals surface area contributed by atoms with E-state index in [0.29, 0.717) is 11.1 Å². The fourth-order valence-corrected chi connectivity index (χ4v) is 4.06. The van der Waals surface area contributed by atoms with Gasteiger partial charge >= 0.3 is 6.08 Å². The summed E-state index contributed by atoms with van der Waals surface area (Å²) in [6.45, 7) is 0. The highest BCUT2D eigenvalue weighted by Gasteiger charge is 2.15. The zero-order chi connectivity index (χ0) is 24.7. The van der Waals surface area contributed by atoms with E-state index < -0.39 is 41.9 Å². The molecule has 0 aliphatic rings. The lowest BCUT2D eigenvalue weighted by atomic mass is 10.1. The average molecular weight is 507 g/mol. The van der Waals surface area contributed by atoms with E-state index in [4.69, 9.17) is 4.55 Å². The smallest absolute Gasteiger partial charge is 0.315 e. The van der Waals surface area contributed by atoms with Gasteiger partial charge < -0.3 is 15.7 Å². The second kappa shape index (κ2) is 8.45. The highest BCUT2D eigenvalue weighted by Crippen LogP contribution is 2.31. The standard InChI is InChI=1S/C19H14FN5O7S2/c20-17-23-18(21-11-2-1-3-13(7-11)33(27,28)29)25-19(24-17)22-12-5-4-10-6-14(34(30,31)32)9-16(26)15(10)8-12/h1-9,26H,(H,27,28,29)(H,30,31,32)(H2,21,22,23,24,25). The molecule has 0 aliphatic heterocycles. The van der Waals surface area contributed by atoms with E-state index in [1.807, 2.05) is 0 Å². The molecule has 0 saturated heterocycles. The first-order chi connectivity index (χ1) is 15.9. The Labute approximate surface area is 191 Å². The van der Waals surface area contributed by atoms with Crippen LogP contribution in [-0.4, -0.2) is 46.0 Å². The summed E-state index contributed by atoms with van der Waals surface area (Å²) in [5.41, 5.74) is 0.448. The van der Waals surface area contributed by atoms with Crippen LogP contribution in [0.15, 0.2) is 64.4 Å². The molecule has 4 aromatic rings. The number of phenols is 1. The van der Waals surface area contributed by atoms with Crippen LogP contribution in [0.2, 0.25) is 0 Å². The van der Waals surface area contributed by atoms with E-state index >= 15 is 0 Å². The van der Waals surface area contributed by atoms with Crippen molar-refractivity contribution in [2.45, 2.75) is 9.79 Å². The Bertz CT molecular complexity index is 1650. The Morgan fingerprint density at radius 1 is 0.735 bits per heavy atom. The van der Waals surface area contributed by atoms with Crippen LogP contribution in [0.4, 0.5) is 27.7 Å².